The molecule has 11 heteroatoms. The number of aliphatic imine (C=N–C) groups is 1. The summed E-state index contributed by atoms with van der Waals surface area (Å²) < 4.78 is 36.5. The van der Waals surface area contributed by atoms with E-state index in [0.717, 1.165) is 5.56 Å². The average molecular weight is 667 g/mol. The number of carbonyl (C=O) groups excluding carboxylic acids is 2. The Balaban J connectivity index is 1.62. The normalized spacial score (nSPS) is 17.4. The maximum atomic E-state index is 14.3. The smallest absolute Gasteiger partial charge is 0.306 e. The van der Waals surface area contributed by atoms with Crippen LogP contribution in [-0.2, 0) is 24.8 Å². The van der Waals surface area contributed by atoms with Crippen molar-refractivity contribution in [2.75, 3.05) is 32.6 Å². The second-order valence-corrected chi connectivity index (χ2v) is 13.2. The third kappa shape index (κ3) is 10.2. The van der Waals surface area contributed by atoms with Crippen LogP contribution in [0.1, 0.15) is 62.8 Å². The summed E-state index contributed by atoms with van der Waals surface area (Å²) in [5.41, 5.74) is 0.0858. The molecule has 0 aliphatic carbocycles. The van der Waals surface area contributed by atoms with Crippen molar-refractivity contribution < 1.29 is 38.0 Å². The van der Waals surface area contributed by atoms with E-state index in [-0.39, 0.29) is 37.1 Å². The van der Waals surface area contributed by atoms with Crippen molar-refractivity contribution in [3.63, 3.8) is 0 Å². The molecule has 0 fully saturated rings. The van der Waals surface area contributed by atoms with E-state index in [1.807, 2.05) is 12.1 Å². The van der Waals surface area contributed by atoms with Gasteiger partial charge >= 0.3 is 5.97 Å². The highest BCUT2D eigenvalue weighted by molar-refractivity contribution is 7.98. The molecule has 1 heterocycles. The van der Waals surface area contributed by atoms with Crippen molar-refractivity contribution in [1.82, 2.24) is 5.32 Å². The number of ether oxygens (including phenoxy) is 4. The van der Waals surface area contributed by atoms with Gasteiger partial charge in [0.25, 0.3) is 5.91 Å². The minimum Gasteiger partial charge on any atom is -0.497 e. The van der Waals surface area contributed by atoms with Gasteiger partial charge in [0.1, 0.15) is 22.9 Å². The average Bonchev–Trinajstić information content (AvgIpc) is 3.45. The fraction of sp³-hybridized carbons (Fsp3) is 0.417. The molecule has 0 radical (unpaired) electrons. The molecule has 47 heavy (non-hydrogen) atoms. The monoisotopic (exact) mass is 666 g/mol. The minimum absolute atomic E-state index is 0.0319. The number of esters is 1. The lowest BCUT2D eigenvalue weighted by atomic mass is 9.83. The lowest BCUT2D eigenvalue weighted by Gasteiger charge is -2.31. The summed E-state index contributed by atoms with van der Waals surface area (Å²) >= 11 is 1.61. The van der Waals surface area contributed by atoms with Crippen molar-refractivity contribution in [3.8, 4) is 11.5 Å². The third-order valence-corrected chi connectivity index (χ3v) is 8.30. The fourth-order valence-electron chi connectivity index (χ4n) is 5.02. The van der Waals surface area contributed by atoms with Gasteiger partial charge in [0.2, 0.25) is 5.90 Å². The number of amides is 1. The Bertz CT molecular complexity index is 1510. The summed E-state index contributed by atoms with van der Waals surface area (Å²) in [6.45, 7) is 6.14. The summed E-state index contributed by atoms with van der Waals surface area (Å²) in [6.07, 6.45) is -0.394. The molecule has 2 N–H and O–H groups in total. The highest BCUT2D eigenvalue weighted by atomic mass is 32.2. The number of methoxy groups -OCH3 is 1. The lowest BCUT2D eigenvalue weighted by Crippen LogP contribution is -2.49. The van der Waals surface area contributed by atoms with E-state index in [1.165, 1.54) is 12.1 Å². The summed E-state index contributed by atoms with van der Waals surface area (Å²) in [5.74, 6) is 1.62. The standard InChI is InChI=1S/C36H43FN2O7S/c1-35(2,3)46-31(41)17-18-36(34(42)38-19-22-47-24-25-9-13-28(37)14-10-25)32(27-7-5-8-30(23-27)43-4)45-33(39-36)26-11-15-29(16-12-26)44-21-6-20-40/h5,7-16,23,32,40H,6,17-22,24H2,1-4H3,(H,38,42)/t32-,36-/m1/s1. The van der Waals surface area contributed by atoms with E-state index in [1.54, 1.807) is 88.2 Å². The fourth-order valence-corrected chi connectivity index (χ4v) is 5.84. The zero-order chi connectivity index (χ0) is 33.9. The summed E-state index contributed by atoms with van der Waals surface area (Å²) in [5, 5.41) is 12.1. The second-order valence-electron chi connectivity index (χ2n) is 12.1. The van der Waals surface area contributed by atoms with Crippen molar-refractivity contribution in [3.05, 3.63) is 95.3 Å². The van der Waals surface area contributed by atoms with Crippen molar-refractivity contribution in [2.45, 2.75) is 63.0 Å². The van der Waals surface area contributed by atoms with E-state index in [9.17, 15) is 14.0 Å². The van der Waals surface area contributed by atoms with Gasteiger partial charge in [-0.15, -0.1) is 0 Å². The van der Waals surface area contributed by atoms with Crippen LogP contribution in [0.2, 0.25) is 0 Å². The Hall–Kier alpha value is -4.09. The first kappa shape index (κ1) is 35.8. The van der Waals surface area contributed by atoms with Crippen LogP contribution >= 0.6 is 11.8 Å². The predicted octanol–water partition coefficient (Wildman–Crippen LogP) is 6.02. The number of hydrogen-bond donors (Lipinski definition) is 2. The third-order valence-electron chi connectivity index (χ3n) is 7.27. The van der Waals surface area contributed by atoms with E-state index in [4.69, 9.17) is 29.0 Å². The Labute approximate surface area is 279 Å². The number of hydrogen-bond acceptors (Lipinski definition) is 9. The highest BCUT2D eigenvalue weighted by Crippen LogP contribution is 2.44. The van der Waals surface area contributed by atoms with Gasteiger partial charge in [-0.1, -0.05) is 24.3 Å². The summed E-state index contributed by atoms with van der Waals surface area (Å²) in [4.78, 5) is 32.2. The number of benzene rings is 3. The maximum Gasteiger partial charge on any atom is 0.306 e. The second kappa shape index (κ2) is 16.6. The van der Waals surface area contributed by atoms with Gasteiger partial charge in [0.05, 0.1) is 13.7 Å². The van der Waals surface area contributed by atoms with Gasteiger partial charge in [-0.3, -0.25) is 9.59 Å². The molecule has 3 aromatic carbocycles. The zero-order valence-electron chi connectivity index (χ0n) is 27.3. The molecule has 0 spiro atoms. The van der Waals surface area contributed by atoms with Crippen LogP contribution in [0.15, 0.2) is 77.8 Å². The van der Waals surface area contributed by atoms with Crippen LogP contribution in [-0.4, -0.2) is 66.6 Å². The molecule has 0 saturated carbocycles. The van der Waals surface area contributed by atoms with Gasteiger partial charge in [-0.05, 0) is 86.8 Å². The molecular weight excluding hydrogens is 623 g/mol. The summed E-state index contributed by atoms with van der Waals surface area (Å²) in [7, 11) is 1.56. The SMILES string of the molecule is COc1cccc([C@H]2OC(c3ccc(OCCCO)cc3)=N[C@@]2(CCC(=O)OC(C)(C)C)C(=O)NCCSCc2ccc(F)cc2)c1. The maximum absolute atomic E-state index is 14.3. The van der Waals surface area contributed by atoms with Crippen LogP contribution in [0.4, 0.5) is 4.39 Å². The molecule has 0 saturated heterocycles. The summed E-state index contributed by atoms with van der Waals surface area (Å²) in [6, 6.07) is 20.7. The first-order valence-corrected chi connectivity index (χ1v) is 16.8. The molecule has 0 bridgehead atoms. The van der Waals surface area contributed by atoms with E-state index in [2.05, 4.69) is 5.32 Å². The number of nitrogens with zero attached hydrogens (tertiary/aromatic N) is 1. The zero-order valence-corrected chi connectivity index (χ0v) is 28.1. The molecule has 1 aliphatic heterocycles. The van der Waals surface area contributed by atoms with Gasteiger partial charge in [0.15, 0.2) is 11.6 Å². The van der Waals surface area contributed by atoms with Gasteiger partial charge < -0.3 is 29.4 Å². The molecule has 9 nitrogen and oxygen atoms in total. The number of halogens is 1. The predicted molar refractivity (Wildman–Crippen MR) is 180 cm³/mol. The van der Waals surface area contributed by atoms with E-state index in [0.29, 0.717) is 53.7 Å². The molecular formula is C36H43FN2O7S. The Morgan fingerprint density at radius 3 is 2.49 bits per heavy atom. The molecule has 1 aliphatic rings. The van der Waals surface area contributed by atoms with E-state index >= 15 is 0 Å². The number of aliphatic hydroxyl groups is 1. The van der Waals surface area contributed by atoms with E-state index < -0.39 is 23.2 Å². The first-order chi connectivity index (χ1) is 22.5. The molecule has 0 aromatic heterocycles. The topological polar surface area (TPSA) is 116 Å². The number of carbonyl (C=O) groups is 2. The molecule has 3 aromatic rings. The van der Waals surface area contributed by atoms with Crippen molar-refractivity contribution in [1.29, 1.82) is 0 Å². The molecule has 0 unspecified atom stereocenters. The van der Waals surface area contributed by atoms with Crippen LogP contribution < -0.4 is 14.8 Å². The number of rotatable bonds is 16. The minimum atomic E-state index is -1.50. The van der Waals surface area contributed by atoms with Gasteiger partial charge in [-0.2, -0.15) is 11.8 Å². The van der Waals surface area contributed by atoms with Crippen LogP contribution in [0, 0.1) is 5.82 Å². The largest absolute Gasteiger partial charge is 0.497 e. The number of thioether (sulfide) groups is 1. The molecule has 252 valence electrons. The molecule has 4 rings (SSSR count). The quantitative estimate of drug-likeness (QED) is 0.141. The van der Waals surface area contributed by atoms with Crippen LogP contribution in [0.3, 0.4) is 0 Å². The van der Waals surface area contributed by atoms with Gasteiger partial charge in [-0.25, -0.2) is 9.38 Å². The highest BCUT2D eigenvalue weighted by Gasteiger charge is 2.53. The van der Waals surface area contributed by atoms with Gasteiger partial charge in [0, 0.05) is 43.1 Å². The van der Waals surface area contributed by atoms with Crippen molar-refractivity contribution >= 4 is 29.5 Å². The first-order valence-electron chi connectivity index (χ1n) is 15.6. The Morgan fingerprint density at radius 1 is 1.06 bits per heavy atom. The molecule has 1 amide bonds. The Morgan fingerprint density at radius 2 is 1.81 bits per heavy atom. The van der Waals surface area contributed by atoms with Crippen LogP contribution in [0.5, 0.6) is 11.5 Å². The molecule has 2 atom stereocenters. The van der Waals surface area contributed by atoms with Crippen LogP contribution in [0.25, 0.3) is 0 Å². The lowest BCUT2D eigenvalue weighted by molar-refractivity contribution is -0.155. The number of nitrogens with one attached hydrogen (secondary N) is 1. The number of aliphatic hydroxyl groups excluding tert-OH is 1. The Kier molecular flexibility index (Phi) is 12.7. The van der Waals surface area contributed by atoms with Crippen molar-refractivity contribution in [2.24, 2.45) is 4.99 Å².